The van der Waals surface area contributed by atoms with Crippen molar-refractivity contribution >= 4 is 39.2 Å². The maximum Gasteiger partial charge on any atom is 0.164 e. The summed E-state index contributed by atoms with van der Waals surface area (Å²) in [5.41, 5.74) is 13.0. The molecule has 6 aromatic heterocycles. The third-order valence-corrected chi connectivity index (χ3v) is 10.3. The number of rotatable bonds is 6. The second kappa shape index (κ2) is 12.6. The number of aryl methyl sites for hydroxylation is 2. The van der Waals surface area contributed by atoms with E-state index in [4.69, 9.17) is 29.9 Å². The number of benzene rings is 3. The van der Waals surface area contributed by atoms with Crippen molar-refractivity contribution in [2.45, 2.75) is 27.2 Å². The Kier molecular flexibility index (Phi) is 7.40. The van der Waals surface area contributed by atoms with Crippen molar-refractivity contribution < 1.29 is 0 Å². The lowest BCUT2D eigenvalue weighted by molar-refractivity contribution is 0.719. The van der Waals surface area contributed by atoms with Gasteiger partial charge in [-0.3, -0.25) is 13.7 Å². The van der Waals surface area contributed by atoms with Gasteiger partial charge < -0.3 is 0 Å². The molecular formula is C45H35N9. The number of hydrogen-bond donors (Lipinski definition) is 0. The first-order valence-corrected chi connectivity index (χ1v) is 18.2. The summed E-state index contributed by atoms with van der Waals surface area (Å²) in [6, 6.07) is 35.2. The van der Waals surface area contributed by atoms with E-state index in [1.807, 2.05) is 55.0 Å². The summed E-state index contributed by atoms with van der Waals surface area (Å²) in [4.78, 5) is 30.4. The molecule has 6 heterocycles. The summed E-state index contributed by atoms with van der Waals surface area (Å²) >= 11 is 0. The van der Waals surface area contributed by atoms with E-state index in [1.165, 1.54) is 0 Å². The van der Waals surface area contributed by atoms with Crippen LogP contribution in [0.2, 0.25) is 0 Å². The highest BCUT2D eigenvalue weighted by atomic mass is 15.2. The number of para-hydroxylation sites is 2. The lowest BCUT2D eigenvalue weighted by atomic mass is 9.98. The zero-order valence-electron chi connectivity index (χ0n) is 30.1. The Morgan fingerprint density at radius 3 is 1.39 bits per heavy atom. The van der Waals surface area contributed by atoms with E-state index >= 15 is 0 Å². The summed E-state index contributed by atoms with van der Waals surface area (Å²) in [5.74, 6) is 2.61. The molecule has 0 bridgehead atoms. The fourth-order valence-electron chi connectivity index (χ4n) is 7.69. The Morgan fingerprint density at radius 2 is 0.944 bits per heavy atom. The van der Waals surface area contributed by atoms with Crippen molar-refractivity contribution in [2.24, 2.45) is 5.92 Å². The van der Waals surface area contributed by atoms with Crippen molar-refractivity contribution in [2.75, 3.05) is 0 Å². The molecule has 0 fully saturated rings. The SMILES string of the molecule is Cc1ccccc1-n1c(-c2cc(-c3nc4cccnc4n3C3=CC=CCC3C)cc(-c3nc4cccnc4n3-c3ccccc3C)c2)nc2cccnc21. The molecule has 0 saturated heterocycles. The highest BCUT2D eigenvalue weighted by Gasteiger charge is 2.25. The average molecular weight is 702 g/mol. The fourth-order valence-corrected chi connectivity index (χ4v) is 7.69. The molecule has 9 aromatic rings. The van der Waals surface area contributed by atoms with Gasteiger partial charge in [0.15, 0.2) is 16.9 Å². The molecule has 0 radical (unpaired) electrons. The van der Waals surface area contributed by atoms with Crippen molar-refractivity contribution in [1.29, 1.82) is 0 Å². The molecule has 1 aliphatic carbocycles. The fraction of sp³-hybridized carbons (Fsp3) is 0.111. The van der Waals surface area contributed by atoms with Gasteiger partial charge in [0.25, 0.3) is 0 Å². The molecule has 0 aliphatic heterocycles. The summed E-state index contributed by atoms with van der Waals surface area (Å²) in [6.07, 6.45) is 13.0. The predicted molar refractivity (Wildman–Crippen MR) is 215 cm³/mol. The zero-order chi connectivity index (χ0) is 36.3. The van der Waals surface area contributed by atoms with Crippen LogP contribution in [0.1, 0.15) is 24.5 Å². The number of fused-ring (bicyclic) bond motifs is 3. The van der Waals surface area contributed by atoms with Gasteiger partial charge in [-0.1, -0.05) is 55.5 Å². The smallest absolute Gasteiger partial charge is 0.164 e. The molecular weight excluding hydrogens is 667 g/mol. The van der Waals surface area contributed by atoms with Gasteiger partial charge in [-0.05, 0) is 104 Å². The van der Waals surface area contributed by atoms with Crippen LogP contribution in [0.15, 0.2) is 140 Å². The highest BCUT2D eigenvalue weighted by molar-refractivity contribution is 5.89. The van der Waals surface area contributed by atoms with Crippen LogP contribution >= 0.6 is 0 Å². The monoisotopic (exact) mass is 701 g/mol. The van der Waals surface area contributed by atoms with Crippen molar-refractivity contribution in [1.82, 2.24) is 43.6 Å². The molecule has 9 heteroatoms. The predicted octanol–water partition coefficient (Wildman–Crippen LogP) is 9.95. The summed E-state index contributed by atoms with van der Waals surface area (Å²) < 4.78 is 6.56. The first kappa shape index (κ1) is 31.7. The van der Waals surface area contributed by atoms with Crippen LogP contribution in [-0.4, -0.2) is 43.6 Å². The summed E-state index contributed by atoms with van der Waals surface area (Å²) in [5, 5.41) is 0. The van der Waals surface area contributed by atoms with Crippen LogP contribution in [-0.2, 0) is 0 Å². The van der Waals surface area contributed by atoms with Gasteiger partial charge >= 0.3 is 0 Å². The van der Waals surface area contributed by atoms with E-state index in [0.29, 0.717) is 0 Å². The molecule has 10 rings (SSSR count). The Morgan fingerprint density at radius 1 is 0.519 bits per heavy atom. The third-order valence-electron chi connectivity index (χ3n) is 10.3. The molecule has 1 aliphatic rings. The maximum atomic E-state index is 5.29. The summed E-state index contributed by atoms with van der Waals surface area (Å²) in [6.45, 7) is 6.50. The Balaban J connectivity index is 1.32. The van der Waals surface area contributed by atoms with Gasteiger partial charge in [0.2, 0.25) is 0 Å². The minimum absolute atomic E-state index is 0.267. The Labute approximate surface area is 311 Å². The zero-order valence-corrected chi connectivity index (χ0v) is 30.1. The minimum atomic E-state index is 0.267. The lowest BCUT2D eigenvalue weighted by Crippen LogP contribution is -2.10. The normalized spacial score (nSPS) is 14.4. The number of pyridine rings is 3. The third kappa shape index (κ3) is 5.08. The van der Waals surface area contributed by atoms with Crippen LogP contribution in [0.25, 0.3) is 84.7 Å². The first-order chi connectivity index (χ1) is 26.5. The second-order valence-electron chi connectivity index (χ2n) is 13.9. The molecule has 9 nitrogen and oxygen atoms in total. The molecule has 260 valence electrons. The van der Waals surface area contributed by atoms with Crippen LogP contribution in [0, 0.1) is 19.8 Å². The highest BCUT2D eigenvalue weighted by Crippen LogP contribution is 2.39. The van der Waals surface area contributed by atoms with Gasteiger partial charge in [0.05, 0.1) is 11.4 Å². The number of allylic oxidation sites excluding steroid dienone is 4. The maximum absolute atomic E-state index is 5.29. The van der Waals surface area contributed by atoms with Gasteiger partial charge in [0, 0.05) is 46.9 Å². The van der Waals surface area contributed by atoms with E-state index < -0.39 is 0 Å². The average Bonchev–Trinajstić information content (AvgIpc) is 3.91. The number of nitrogens with zero attached hydrogens (tertiary/aromatic N) is 9. The standard InChI is InChI=1S/C45H35N9/c1-28-13-4-7-19-37(28)52-40(49-34-16-10-22-46-43(34)52)31-25-32(41-50-35-17-11-23-47-44(35)53(41)38-20-8-5-14-29(38)2)27-33(26-31)42-51-36-18-12-24-48-45(36)54(42)39-21-9-6-15-30(39)3/h4-14,16-27,30H,15H2,1-3H3. The van der Waals surface area contributed by atoms with Gasteiger partial charge in [-0.15, -0.1) is 0 Å². The van der Waals surface area contributed by atoms with Crippen molar-refractivity contribution in [3.05, 3.63) is 151 Å². The molecule has 1 atom stereocenters. The minimum Gasteiger partial charge on any atom is -0.280 e. The topological polar surface area (TPSA) is 92.1 Å². The summed E-state index contributed by atoms with van der Waals surface area (Å²) in [7, 11) is 0. The second-order valence-corrected chi connectivity index (χ2v) is 13.9. The Bertz CT molecular complexity index is 2830. The molecule has 0 N–H and O–H groups in total. The molecule has 54 heavy (non-hydrogen) atoms. The number of aromatic nitrogens is 9. The first-order valence-electron chi connectivity index (χ1n) is 18.2. The van der Waals surface area contributed by atoms with Crippen molar-refractivity contribution in [3.63, 3.8) is 0 Å². The van der Waals surface area contributed by atoms with E-state index in [9.17, 15) is 0 Å². The van der Waals surface area contributed by atoms with Gasteiger partial charge in [-0.25, -0.2) is 29.9 Å². The number of hydrogen-bond acceptors (Lipinski definition) is 6. The largest absolute Gasteiger partial charge is 0.280 e. The molecule has 0 amide bonds. The molecule has 1 unspecified atom stereocenters. The van der Waals surface area contributed by atoms with Crippen molar-refractivity contribution in [3.8, 4) is 45.5 Å². The molecule has 0 saturated carbocycles. The molecule has 3 aromatic carbocycles. The Hall–Kier alpha value is -7.00. The van der Waals surface area contributed by atoms with Crippen LogP contribution in [0.5, 0.6) is 0 Å². The quantitative estimate of drug-likeness (QED) is 0.171. The van der Waals surface area contributed by atoms with E-state index in [0.717, 1.165) is 102 Å². The number of imidazole rings is 3. The van der Waals surface area contributed by atoms with E-state index in [2.05, 4.69) is 119 Å². The van der Waals surface area contributed by atoms with E-state index in [-0.39, 0.29) is 5.92 Å². The van der Waals surface area contributed by atoms with Crippen LogP contribution in [0.4, 0.5) is 0 Å². The van der Waals surface area contributed by atoms with Crippen LogP contribution < -0.4 is 0 Å². The molecule has 0 spiro atoms. The van der Waals surface area contributed by atoms with Gasteiger partial charge in [0.1, 0.15) is 34.0 Å². The van der Waals surface area contributed by atoms with Gasteiger partial charge in [-0.2, -0.15) is 0 Å². The van der Waals surface area contributed by atoms with E-state index in [1.54, 1.807) is 0 Å². The lowest BCUT2D eigenvalue weighted by Gasteiger charge is -2.21. The van der Waals surface area contributed by atoms with Crippen LogP contribution in [0.3, 0.4) is 0 Å².